The third-order valence-corrected chi connectivity index (χ3v) is 4.42. The monoisotopic (exact) mass is 293 g/mol. The fourth-order valence-electron chi connectivity index (χ4n) is 1.93. The highest BCUT2D eigenvalue weighted by Crippen LogP contribution is 2.16. The quantitative estimate of drug-likeness (QED) is 0.911. The van der Waals surface area contributed by atoms with Gasteiger partial charge in [-0.1, -0.05) is 12.1 Å². The molecular weight excluding hydrogens is 274 g/mol. The van der Waals surface area contributed by atoms with Gasteiger partial charge in [0.1, 0.15) is 5.82 Å². The van der Waals surface area contributed by atoms with E-state index in [2.05, 4.69) is 10.3 Å². The molecule has 6 heteroatoms. The van der Waals surface area contributed by atoms with E-state index in [9.17, 15) is 8.42 Å². The summed E-state index contributed by atoms with van der Waals surface area (Å²) in [5.41, 5.74) is 1.05. The summed E-state index contributed by atoms with van der Waals surface area (Å²) >= 11 is 0. The number of sulfone groups is 1. The topological polar surface area (TPSA) is 64.0 Å². The first-order valence-electron chi connectivity index (χ1n) is 6.37. The minimum Gasteiger partial charge on any atom is -0.337 e. The van der Waals surface area contributed by atoms with Gasteiger partial charge in [0.2, 0.25) is 0 Å². The number of nitrogens with zero attached hydrogens (tertiary/aromatic N) is 2. The molecule has 1 N–H and O–H groups in total. The van der Waals surface area contributed by atoms with Gasteiger partial charge in [0.25, 0.3) is 0 Å². The van der Waals surface area contributed by atoms with Crippen molar-refractivity contribution in [2.45, 2.75) is 24.4 Å². The summed E-state index contributed by atoms with van der Waals surface area (Å²) in [6.45, 7) is 2.71. The van der Waals surface area contributed by atoms with E-state index in [1.165, 1.54) is 6.26 Å². The second-order valence-corrected chi connectivity index (χ2v) is 6.91. The second-order valence-electron chi connectivity index (χ2n) is 4.90. The Kier molecular flexibility index (Phi) is 4.25. The first-order valence-corrected chi connectivity index (χ1v) is 8.26. The highest BCUT2D eigenvalue weighted by Gasteiger charge is 2.10. The summed E-state index contributed by atoms with van der Waals surface area (Å²) in [5, 5.41) is 3.37. The van der Waals surface area contributed by atoms with Gasteiger partial charge in [-0.15, -0.1) is 0 Å². The molecule has 20 heavy (non-hydrogen) atoms. The van der Waals surface area contributed by atoms with E-state index in [0.29, 0.717) is 11.4 Å². The first kappa shape index (κ1) is 14.7. The summed E-state index contributed by atoms with van der Waals surface area (Å²) < 4.78 is 24.8. The number of hydrogen-bond donors (Lipinski definition) is 1. The Bertz CT molecular complexity index is 675. The Morgan fingerprint density at radius 3 is 2.45 bits per heavy atom. The van der Waals surface area contributed by atoms with Gasteiger partial charge < -0.3 is 9.88 Å². The third kappa shape index (κ3) is 3.46. The fraction of sp³-hybridized carbons (Fsp3) is 0.357. The summed E-state index contributed by atoms with van der Waals surface area (Å²) in [5.74, 6) is 0.963. The van der Waals surface area contributed by atoms with E-state index < -0.39 is 9.84 Å². The van der Waals surface area contributed by atoms with Crippen LogP contribution in [0.1, 0.15) is 24.4 Å². The minimum absolute atomic E-state index is 0.125. The molecule has 5 nitrogen and oxygen atoms in total. The van der Waals surface area contributed by atoms with Gasteiger partial charge in [-0.05, 0) is 24.6 Å². The zero-order valence-corrected chi connectivity index (χ0v) is 12.7. The maximum Gasteiger partial charge on any atom is 0.175 e. The van der Waals surface area contributed by atoms with Crippen molar-refractivity contribution < 1.29 is 8.42 Å². The predicted molar refractivity (Wildman–Crippen MR) is 78.0 cm³/mol. The molecule has 1 unspecified atom stereocenters. The van der Waals surface area contributed by atoms with Crippen molar-refractivity contribution in [3.8, 4) is 0 Å². The molecule has 0 aliphatic rings. The van der Waals surface area contributed by atoms with Crippen LogP contribution in [0.3, 0.4) is 0 Å². The summed E-state index contributed by atoms with van der Waals surface area (Å²) in [4.78, 5) is 4.59. The molecule has 1 atom stereocenters. The van der Waals surface area contributed by atoms with Crippen LogP contribution in [0.4, 0.5) is 0 Å². The maximum atomic E-state index is 11.4. The number of rotatable bonds is 5. The van der Waals surface area contributed by atoms with Gasteiger partial charge >= 0.3 is 0 Å². The van der Waals surface area contributed by atoms with E-state index in [-0.39, 0.29) is 6.04 Å². The van der Waals surface area contributed by atoms with E-state index in [1.54, 1.807) is 18.3 Å². The van der Waals surface area contributed by atoms with Crippen molar-refractivity contribution in [1.29, 1.82) is 0 Å². The Labute approximate surface area is 119 Å². The van der Waals surface area contributed by atoms with Crippen LogP contribution in [0.2, 0.25) is 0 Å². The molecule has 0 aliphatic heterocycles. The molecule has 0 amide bonds. The Morgan fingerprint density at radius 2 is 1.95 bits per heavy atom. The lowest BCUT2D eigenvalue weighted by molar-refractivity contribution is 0.549. The number of imidazole rings is 1. The number of benzene rings is 1. The SMILES string of the molecule is CC(NCc1nccn1C)c1ccc(S(C)(=O)=O)cc1. The van der Waals surface area contributed by atoms with Crippen LogP contribution < -0.4 is 5.32 Å². The largest absolute Gasteiger partial charge is 0.337 e. The van der Waals surface area contributed by atoms with Gasteiger partial charge in [0.15, 0.2) is 9.84 Å². The van der Waals surface area contributed by atoms with Crippen molar-refractivity contribution in [1.82, 2.24) is 14.9 Å². The third-order valence-electron chi connectivity index (χ3n) is 3.30. The molecule has 0 radical (unpaired) electrons. The van der Waals surface area contributed by atoms with Gasteiger partial charge in [-0.2, -0.15) is 0 Å². The number of nitrogens with one attached hydrogen (secondary N) is 1. The number of aromatic nitrogens is 2. The zero-order chi connectivity index (χ0) is 14.8. The molecule has 1 aromatic carbocycles. The van der Waals surface area contributed by atoms with E-state index in [1.807, 2.05) is 36.9 Å². The van der Waals surface area contributed by atoms with Gasteiger partial charge in [-0.25, -0.2) is 13.4 Å². The molecule has 0 fully saturated rings. The van der Waals surface area contributed by atoms with Crippen LogP contribution in [0.25, 0.3) is 0 Å². The summed E-state index contributed by atoms with van der Waals surface area (Å²) in [6.07, 6.45) is 4.88. The van der Waals surface area contributed by atoms with Crippen molar-refractivity contribution >= 4 is 9.84 Å². The van der Waals surface area contributed by atoms with E-state index in [4.69, 9.17) is 0 Å². The minimum atomic E-state index is -3.13. The molecule has 0 bridgehead atoms. The molecule has 1 heterocycles. The number of aryl methyl sites for hydroxylation is 1. The van der Waals surface area contributed by atoms with Crippen LogP contribution >= 0.6 is 0 Å². The van der Waals surface area contributed by atoms with Crippen molar-refractivity contribution in [3.05, 3.63) is 48.0 Å². The molecule has 0 spiro atoms. The van der Waals surface area contributed by atoms with E-state index >= 15 is 0 Å². The zero-order valence-electron chi connectivity index (χ0n) is 11.9. The molecule has 108 valence electrons. The molecule has 1 aromatic heterocycles. The lowest BCUT2D eigenvalue weighted by Crippen LogP contribution is -2.20. The smallest absolute Gasteiger partial charge is 0.175 e. The summed E-state index contributed by atoms with van der Waals surface area (Å²) in [7, 11) is -1.18. The second kappa shape index (κ2) is 5.76. The van der Waals surface area contributed by atoms with Crippen LogP contribution in [0.5, 0.6) is 0 Å². The highest BCUT2D eigenvalue weighted by molar-refractivity contribution is 7.90. The molecule has 0 aliphatic carbocycles. The van der Waals surface area contributed by atoms with Crippen molar-refractivity contribution in [2.75, 3.05) is 6.26 Å². The van der Waals surface area contributed by atoms with Gasteiger partial charge in [-0.3, -0.25) is 0 Å². The molecule has 0 saturated heterocycles. The first-order chi connectivity index (χ1) is 9.38. The van der Waals surface area contributed by atoms with Gasteiger partial charge in [0, 0.05) is 31.7 Å². The van der Waals surface area contributed by atoms with Crippen molar-refractivity contribution in [2.24, 2.45) is 7.05 Å². The Morgan fingerprint density at radius 1 is 1.30 bits per heavy atom. The number of hydrogen-bond acceptors (Lipinski definition) is 4. The molecule has 2 rings (SSSR count). The van der Waals surface area contributed by atoms with Crippen LogP contribution in [-0.4, -0.2) is 24.2 Å². The standard InChI is InChI=1S/C14H19N3O2S/c1-11(16-10-14-15-8-9-17(14)2)12-4-6-13(7-5-12)20(3,18)19/h4-9,11,16H,10H2,1-3H3. The fourth-order valence-corrected chi connectivity index (χ4v) is 2.56. The average Bonchev–Trinajstić information content (AvgIpc) is 2.81. The normalized spacial score (nSPS) is 13.3. The van der Waals surface area contributed by atoms with Crippen LogP contribution in [0.15, 0.2) is 41.6 Å². The van der Waals surface area contributed by atoms with E-state index in [0.717, 1.165) is 11.4 Å². The molecular formula is C14H19N3O2S. The highest BCUT2D eigenvalue weighted by atomic mass is 32.2. The van der Waals surface area contributed by atoms with Crippen LogP contribution in [-0.2, 0) is 23.4 Å². The van der Waals surface area contributed by atoms with Crippen LogP contribution in [0, 0.1) is 0 Å². The summed E-state index contributed by atoms with van der Waals surface area (Å²) in [6, 6.07) is 7.09. The van der Waals surface area contributed by atoms with Gasteiger partial charge in [0.05, 0.1) is 11.4 Å². The van der Waals surface area contributed by atoms with Crippen molar-refractivity contribution in [3.63, 3.8) is 0 Å². The lowest BCUT2D eigenvalue weighted by atomic mass is 10.1. The molecule has 0 saturated carbocycles. The molecule has 2 aromatic rings. The predicted octanol–water partition coefficient (Wildman–Crippen LogP) is 1.67. The Balaban J connectivity index is 2.03. The Hall–Kier alpha value is -1.66. The lowest BCUT2D eigenvalue weighted by Gasteiger charge is -2.14. The maximum absolute atomic E-state index is 11.4. The average molecular weight is 293 g/mol.